The molecule has 3 aromatic carbocycles. The number of nitrogens with two attached hydrogens (primary N) is 1. The number of aromatic hydroxyl groups is 1. The van der Waals surface area contributed by atoms with Crippen LogP contribution in [0.1, 0.15) is 12.8 Å². The van der Waals surface area contributed by atoms with E-state index in [0.717, 1.165) is 27.9 Å². The molecule has 3 aromatic rings. The van der Waals surface area contributed by atoms with Gasteiger partial charge in [-0.25, -0.2) is 0 Å². The summed E-state index contributed by atoms with van der Waals surface area (Å²) in [6.07, 6.45) is -0.362. The van der Waals surface area contributed by atoms with E-state index in [1.54, 1.807) is 12.1 Å². The van der Waals surface area contributed by atoms with E-state index in [1.165, 1.54) is 0 Å². The number of phenolic OH excluding ortho intramolecular Hbond substituents is 1. The van der Waals surface area contributed by atoms with Gasteiger partial charge in [0.2, 0.25) is 11.8 Å². The highest BCUT2D eigenvalue weighted by Crippen LogP contribution is 2.42. The van der Waals surface area contributed by atoms with Crippen LogP contribution in [0.25, 0.3) is 21.5 Å². The molecule has 7 N–H and O–H groups in total. The van der Waals surface area contributed by atoms with Crippen molar-refractivity contribution >= 4 is 57.1 Å². The molecule has 0 radical (unpaired) electrons. The van der Waals surface area contributed by atoms with Gasteiger partial charge in [0.15, 0.2) is 0 Å². The van der Waals surface area contributed by atoms with Gasteiger partial charge in [-0.2, -0.15) is 0 Å². The second kappa shape index (κ2) is 11.5. The zero-order valence-corrected chi connectivity index (χ0v) is 19.4. The number of carbonyl (C=O) groups is 4. The first-order valence-electron chi connectivity index (χ1n) is 10.7. The Hall–Kier alpha value is -3.83. The molecule has 11 heteroatoms. The Kier molecular flexibility index (Phi) is 8.50. The molecule has 0 bridgehead atoms. The Morgan fingerprint density at radius 2 is 1.49 bits per heavy atom. The largest absolute Gasteiger partial charge is 0.506 e. The lowest BCUT2D eigenvalue weighted by molar-refractivity contribution is -0.139. The minimum atomic E-state index is -1.25. The van der Waals surface area contributed by atoms with E-state index in [9.17, 15) is 24.3 Å². The molecule has 2 atom stereocenters. The second-order valence-electron chi connectivity index (χ2n) is 7.79. The maximum absolute atomic E-state index is 12.6. The van der Waals surface area contributed by atoms with Crippen LogP contribution in [0.5, 0.6) is 5.75 Å². The molecular weight excluding hydrogens is 474 g/mol. The summed E-state index contributed by atoms with van der Waals surface area (Å²) in [5, 5.41) is 36.7. The summed E-state index contributed by atoms with van der Waals surface area (Å²) in [5.74, 6) is -3.80. The van der Waals surface area contributed by atoms with Crippen LogP contribution < -0.4 is 16.4 Å². The summed E-state index contributed by atoms with van der Waals surface area (Å²) in [6, 6.07) is 12.5. The van der Waals surface area contributed by atoms with Gasteiger partial charge in [0, 0.05) is 17.6 Å². The number of phenols is 1. The molecule has 0 aliphatic carbocycles. The van der Waals surface area contributed by atoms with Gasteiger partial charge in [0.05, 0.1) is 4.90 Å². The number of thioether (sulfide) groups is 1. The summed E-state index contributed by atoms with van der Waals surface area (Å²) in [7, 11) is 0. The number of carboxylic acids is 2. The Labute approximate surface area is 204 Å². The first kappa shape index (κ1) is 25.8. The van der Waals surface area contributed by atoms with Crippen LogP contribution in [0.15, 0.2) is 53.4 Å². The number of benzene rings is 3. The minimum Gasteiger partial charge on any atom is -0.506 e. The van der Waals surface area contributed by atoms with E-state index in [1.807, 2.05) is 36.4 Å². The third-order valence-corrected chi connectivity index (χ3v) is 6.52. The molecule has 3 rings (SSSR count). The molecule has 10 nitrogen and oxygen atoms in total. The number of hydrogen-bond donors (Lipinski definition) is 6. The van der Waals surface area contributed by atoms with Crippen LogP contribution >= 0.6 is 11.8 Å². The Balaban J connectivity index is 1.85. The average Bonchev–Trinajstić information content (AvgIpc) is 2.84. The Bertz CT molecular complexity index is 1280. The standard InChI is InChI=1S/C24H25N3O7S/c25-17(24(33)34)9-10-19(28)27-18(23(32)26-11-20(29)30)12-35-22-16-8-4-2-6-14(16)13-5-1-3-7-15(13)21(22)31/h1-8,17-18,31H,9-12,25H2,(H,26,32)(H,27,28)(H,29,30)(H,33,34)/t17-,18-/m0/s1. The van der Waals surface area contributed by atoms with Crippen molar-refractivity contribution in [3.63, 3.8) is 0 Å². The van der Waals surface area contributed by atoms with Crippen molar-refractivity contribution in [1.82, 2.24) is 10.6 Å². The van der Waals surface area contributed by atoms with Crippen molar-refractivity contribution in [3.8, 4) is 5.75 Å². The van der Waals surface area contributed by atoms with Gasteiger partial charge in [-0.05, 0) is 22.6 Å². The van der Waals surface area contributed by atoms with E-state index in [0.29, 0.717) is 10.3 Å². The Morgan fingerprint density at radius 3 is 2.09 bits per heavy atom. The van der Waals surface area contributed by atoms with Crippen molar-refractivity contribution < 1.29 is 34.5 Å². The number of rotatable bonds is 11. The van der Waals surface area contributed by atoms with Crippen LogP contribution in [-0.4, -0.2) is 63.5 Å². The van der Waals surface area contributed by atoms with Gasteiger partial charge in [-0.15, -0.1) is 11.8 Å². The van der Waals surface area contributed by atoms with Gasteiger partial charge in [-0.3, -0.25) is 19.2 Å². The van der Waals surface area contributed by atoms with Gasteiger partial charge in [0.1, 0.15) is 24.4 Å². The van der Waals surface area contributed by atoms with E-state index in [2.05, 4.69) is 10.6 Å². The lowest BCUT2D eigenvalue weighted by Gasteiger charge is -2.19. The molecule has 0 aliphatic rings. The number of aliphatic carboxylic acids is 2. The van der Waals surface area contributed by atoms with Gasteiger partial charge >= 0.3 is 11.9 Å². The number of hydrogen-bond acceptors (Lipinski definition) is 7. The fourth-order valence-electron chi connectivity index (χ4n) is 3.55. The molecule has 0 saturated carbocycles. The molecule has 0 spiro atoms. The molecule has 2 amide bonds. The molecular formula is C24H25N3O7S. The molecule has 0 heterocycles. The molecule has 0 unspecified atom stereocenters. The molecule has 0 saturated heterocycles. The van der Waals surface area contributed by atoms with Crippen molar-refractivity contribution in [2.75, 3.05) is 12.3 Å². The highest BCUT2D eigenvalue weighted by atomic mass is 32.2. The lowest BCUT2D eigenvalue weighted by atomic mass is 10.0. The molecule has 0 aromatic heterocycles. The predicted molar refractivity (Wildman–Crippen MR) is 131 cm³/mol. The second-order valence-corrected chi connectivity index (χ2v) is 8.83. The van der Waals surface area contributed by atoms with Crippen LogP contribution in [-0.2, 0) is 19.2 Å². The average molecular weight is 500 g/mol. The van der Waals surface area contributed by atoms with Crippen LogP contribution in [0.4, 0.5) is 0 Å². The maximum atomic E-state index is 12.6. The van der Waals surface area contributed by atoms with E-state index < -0.39 is 42.4 Å². The van der Waals surface area contributed by atoms with Crippen molar-refractivity contribution in [2.24, 2.45) is 5.73 Å². The summed E-state index contributed by atoms with van der Waals surface area (Å²) in [4.78, 5) is 47.3. The fraction of sp³-hybridized carbons (Fsp3) is 0.250. The molecule has 0 aliphatic heterocycles. The predicted octanol–water partition coefficient (Wildman–Crippen LogP) is 1.67. The van der Waals surface area contributed by atoms with Crippen LogP contribution in [0, 0.1) is 0 Å². The quantitative estimate of drug-likeness (QED) is 0.169. The maximum Gasteiger partial charge on any atom is 0.322 e. The fourth-order valence-corrected chi connectivity index (χ4v) is 4.70. The summed E-state index contributed by atoms with van der Waals surface area (Å²) in [5.41, 5.74) is 5.43. The van der Waals surface area contributed by atoms with Gasteiger partial charge in [0.25, 0.3) is 0 Å². The van der Waals surface area contributed by atoms with Crippen LogP contribution in [0.3, 0.4) is 0 Å². The first-order valence-corrected chi connectivity index (χ1v) is 11.7. The van der Waals surface area contributed by atoms with Crippen molar-refractivity contribution in [1.29, 1.82) is 0 Å². The third-order valence-electron chi connectivity index (χ3n) is 5.32. The number of carbonyl (C=O) groups excluding carboxylic acids is 2. The number of amides is 2. The first-order chi connectivity index (χ1) is 16.7. The number of fused-ring (bicyclic) bond motifs is 3. The minimum absolute atomic E-state index is 0.0158. The summed E-state index contributed by atoms with van der Waals surface area (Å²) < 4.78 is 0. The number of nitrogens with one attached hydrogen (secondary N) is 2. The van der Waals surface area contributed by atoms with E-state index in [-0.39, 0.29) is 24.3 Å². The van der Waals surface area contributed by atoms with E-state index >= 15 is 0 Å². The van der Waals surface area contributed by atoms with Crippen molar-refractivity contribution in [2.45, 2.75) is 29.8 Å². The normalized spacial score (nSPS) is 12.7. The molecule has 0 fully saturated rings. The smallest absolute Gasteiger partial charge is 0.322 e. The topological polar surface area (TPSA) is 179 Å². The summed E-state index contributed by atoms with van der Waals surface area (Å²) >= 11 is 1.14. The monoisotopic (exact) mass is 499 g/mol. The molecule has 35 heavy (non-hydrogen) atoms. The highest BCUT2D eigenvalue weighted by molar-refractivity contribution is 7.99. The number of carboxylic acid groups (broad SMARTS) is 2. The Morgan fingerprint density at radius 1 is 0.914 bits per heavy atom. The van der Waals surface area contributed by atoms with Gasteiger partial charge < -0.3 is 31.7 Å². The van der Waals surface area contributed by atoms with Crippen molar-refractivity contribution in [3.05, 3.63) is 48.5 Å². The molecule has 184 valence electrons. The van der Waals surface area contributed by atoms with Crippen LogP contribution in [0.2, 0.25) is 0 Å². The van der Waals surface area contributed by atoms with Gasteiger partial charge in [-0.1, -0.05) is 48.5 Å². The lowest BCUT2D eigenvalue weighted by Crippen LogP contribution is -2.49. The zero-order chi connectivity index (χ0) is 25.5. The third kappa shape index (κ3) is 6.40. The highest BCUT2D eigenvalue weighted by Gasteiger charge is 2.24. The van der Waals surface area contributed by atoms with E-state index in [4.69, 9.17) is 15.9 Å². The zero-order valence-electron chi connectivity index (χ0n) is 18.6. The SMILES string of the molecule is N[C@@H](CCC(=O)N[C@@H](CSc1c(O)c2ccccc2c2ccccc12)C(=O)NCC(=O)O)C(=O)O. The summed E-state index contributed by atoms with van der Waals surface area (Å²) in [6.45, 7) is -0.635.